The van der Waals surface area contributed by atoms with Crippen molar-refractivity contribution in [1.29, 1.82) is 0 Å². The summed E-state index contributed by atoms with van der Waals surface area (Å²) in [6.07, 6.45) is -0.578. The zero-order valence-electron chi connectivity index (χ0n) is 17.9. The lowest BCUT2D eigenvalue weighted by molar-refractivity contribution is -0.0696. The maximum atomic E-state index is 14.8. The van der Waals surface area contributed by atoms with Crippen molar-refractivity contribution in [2.45, 2.75) is 25.9 Å². The van der Waals surface area contributed by atoms with Crippen LogP contribution in [0.2, 0.25) is 0 Å². The zero-order chi connectivity index (χ0) is 25.9. The molecule has 3 aromatic rings. The average molecular weight is 498 g/mol. The summed E-state index contributed by atoms with van der Waals surface area (Å²) in [5.41, 5.74) is -3.71. The minimum Gasteiger partial charge on any atom is -0.206 e. The van der Waals surface area contributed by atoms with E-state index in [-0.39, 0.29) is 0 Å². The third-order valence-corrected chi connectivity index (χ3v) is 4.93. The molecule has 0 radical (unpaired) electrons. The average Bonchev–Trinajstić information content (AvgIpc) is 2.71. The van der Waals surface area contributed by atoms with Crippen molar-refractivity contribution in [2.24, 2.45) is 0 Å². The van der Waals surface area contributed by atoms with E-state index in [1.54, 1.807) is 19.1 Å². The van der Waals surface area contributed by atoms with Crippen molar-refractivity contribution >= 4 is 0 Å². The molecule has 3 aromatic carbocycles. The van der Waals surface area contributed by atoms with E-state index in [9.17, 15) is 39.5 Å². The minimum atomic E-state index is -5.01. The van der Waals surface area contributed by atoms with Gasteiger partial charge in [0.2, 0.25) is 0 Å². The Hall–Kier alpha value is -3.67. The fraction of sp³-hybridized carbons (Fsp3) is 0.154. The van der Waals surface area contributed by atoms with Crippen LogP contribution in [0.4, 0.5) is 39.5 Å². The van der Waals surface area contributed by atoms with Crippen molar-refractivity contribution in [2.75, 3.05) is 0 Å². The summed E-state index contributed by atoms with van der Waals surface area (Å²) in [7, 11) is 0. The Morgan fingerprint density at radius 1 is 0.686 bits per heavy atom. The lowest BCUT2D eigenvalue weighted by atomic mass is 9.96. The Balaban J connectivity index is 2.04. The molecule has 0 unspecified atom stereocenters. The Labute approximate surface area is 194 Å². The van der Waals surface area contributed by atoms with Crippen LogP contribution in [0.25, 0.3) is 22.3 Å². The van der Waals surface area contributed by atoms with E-state index in [1.165, 1.54) is 5.92 Å². The quantitative estimate of drug-likeness (QED) is 0.189. The van der Waals surface area contributed by atoms with Crippen LogP contribution in [0.5, 0.6) is 0 Å². The number of benzene rings is 3. The van der Waals surface area contributed by atoms with Crippen LogP contribution in [0.3, 0.4) is 0 Å². The summed E-state index contributed by atoms with van der Waals surface area (Å²) in [4.78, 5) is 0. The minimum absolute atomic E-state index is 0.332. The first-order valence-corrected chi connectivity index (χ1v) is 10.1. The van der Waals surface area contributed by atoms with Gasteiger partial charge < -0.3 is 0 Å². The standard InChI is InChI=1S/C26H15F9/c1-2-3-4-5-14-8-20(29)24(21(30)9-14)16-12-22(31)25(23(32)13-16)15-10-18(27)17(19(28)11-15)6-7-26(33,34)35/h2-3,8-13H,4-5H2,1H3. The maximum absolute atomic E-state index is 14.8. The summed E-state index contributed by atoms with van der Waals surface area (Å²) >= 11 is 0. The van der Waals surface area contributed by atoms with Gasteiger partial charge in [-0.25, -0.2) is 26.3 Å². The Morgan fingerprint density at radius 3 is 1.54 bits per heavy atom. The van der Waals surface area contributed by atoms with Gasteiger partial charge in [-0.1, -0.05) is 18.1 Å². The highest BCUT2D eigenvalue weighted by molar-refractivity contribution is 5.73. The topological polar surface area (TPSA) is 0 Å². The Morgan fingerprint density at radius 2 is 1.11 bits per heavy atom. The Bertz CT molecular complexity index is 1290. The monoisotopic (exact) mass is 498 g/mol. The Kier molecular flexibility index (Phi) is 7.64. The van der Waals surface area contributed by atoms with Crippen LogP contribution in [-0.2, 0) is 6.42 Å². The lowest BCUT2D eigenvalue weighted by Gasteiger charge is -2.12. The molecule has 182 valence electrons. The van der Waals surface area contributed by atoms with Crippen LogP contribution in [-0.4, -0.2) is 6.18 Å². The second-order valence-corrected chi connectivity index (χ2v) is 7.42. The van der Waals surface area contributed by atoms with Gasteiger partial charge in [0, 0.05) is 5.92 Å². The van der Waals surface area contributed by atoms with Crippen LogP contribution in [0.15, 0.2) is 48.6 Å². The van der Waals surface area contributed by atoms with E-state index in [4.69, 9.17) is 0 Å². The van der Waals surface area contributed by atoms with Gasteiger partial charge in [0.1, 0.15) is 34.9 Å². The van der Waals surface area contributed by atoms with E-state index in [0.717, 1.165) is 12.1 Å². The molecular weight excluding hydrogens is 483 g/mol. The first kappa shape index (κ1) is 25.9. The third kappa shape index (κ3) is 6.07. The van der Waals surface area contributed by atoms with Crippen molar-refractivity contribution < 1.29 is 39.5 Å². The van der Waals surface area contributed by atoms with Crippen molar-refractivity contribution in [3.63, 3.8) is 0 Å². The van der Waals surface area contributed by atoms with Gasteiger partial charge in [0.25, 0.3) is 0 Å². The van der Waals surface area contributed by atoms with Gasteiger partial charge in [-0.05, 0) is 72.9 Å². The zero-order valence-corrected chi connectivity index (χ0v) is 17.9. The van der Waals surface area contributed by atoms with Crippen molar-refractivity contribution in [1.82, 2.24) is 0 Å². The number of hydrogen-bond donors (Lipinski definition) is 0. The van der Waals surface area contributed by atoms with Gasteiger partial charge in [-0.3, -0.25) is 0 Å². The highest BCUT2D eigenvalue weighted by atomic mass is 19.4. The predicted molar refractivity (Wildman–Crippen MR) is 113 cm³/mol. The first-order valence-electron chi connectivity index (χ1n) is 10.1. The number of alkyl halides is 3. The molecule has 0 nitrogen and oxygen atoms in total. The SMILES string of the molecule is CC=CCCc1cc(F)c(-c2cc(F)c(-c3cc(F)c(C#CC(F)(F)F)c(F)c3)c(F)c2)c(F)c1. The van der Waals surface area contributed by atoms with E-state index in [2.05, 4.69) is 0 Å². The van der Waals surface area contributed by atoms with E-state index in [1.807, 2.05) is 0 Å². The van der Waals surface area contributed by atoms with Crippen molar-refractivity contribution in [3.8, 4) is 34.1 Å². The van der Waals surface area contributed by atoms with Gasteiger partial charge in [-0.15, -0.1) is 0 Å². The number of aryl methyl sites for hydroxylation is 1. The molecule has 0 spiro atoms. The molecule has 0 amide bonds. The molecule has 0 fully saturated rings. The maximum Gasteiger partial charge on any atom is 0.458 e. The molecule has 0 heterocycles. The van der Waals surface area contributed by atoms with E-state index in [0.29, 0.717) is 48.6 Å². The molecule has 0 aliphatic carbocycles. The number of rotatable bonds is 5. The van der Waals surface area contributed by atoms with E-state index >= 15 is 0 Å². The molecule has 9 heteroatoms. The van der Waals surface area contributed by atoms with E-state index < -0.39 is 68.9 Å². The second-order valence-electron chi connectivity index (χ2n) is 7.42. The number of allylic oxidation sites excluding steroid dienone is 2. The van der Waals surface area contributed by atoms with Crippen molar-refractivity contribution in [3.05, 3.63) is 94.6 Å². The third-order valence-electron chi connectivity index (χ3n) is 4.93. The summed E-state index contributed by atoms with van der Waals surface area (Å²) in [6, 6.07) is 4.07. The summed E-state index contributed by atoms with van der Waals surface area (Å²) in [6.45, 7) is 1.79. The molecule has 0 atom stereocenters. The van der Waals surface area contributed by atoms with Crippen LogP contribution >= 0.6 is 0 Å². The molecule has 0 aromatic heterocycles. The molecule has 0 aliphatic rings. The number of halogens is 9. The number of hydrogen-bond acceptors (Lipinski definition) is 0. The van der Waals surface area contributed by atoms with Gasteiger partial charge in [-0.2, -0.15) is 13.2 Å². The van der Waals surface area contributed by atoms with Gasteiger partial charge in [0.15, 0.2) is 0 Å². The summed E-state index contributed by atoms with van der Waals surface area (Å²) in [5, 5.41) is 0. The highest BCUT2D eigenvalue weighted by Gasteiger charge is 2.24. The fourth-order valence-electron chi connectivity index (χ4n) is 3.43. The molecular formula is C26H15F9. The molecule has 0 aliphatic heterocycles. The molecule has 0 N–H and O–H groups in total. The normalized spacial score (nSPS) is 11.6. The molecule has 3 rings (SSSR count). The largest absolute Gasteiger partial charge is 0.458 e. The lowest BCUT2D eigenvalue weighted by Crippen LogP contribution is -2.03. The first-order chi connectivity index (χ1) is 16.4. The van der Waals surface area contributed by atoms with Crippen LogP contribution < -0.4 is 0 Å². The summed E-state index contributed by atoms with van der Waals surface area (Å²) in [5.74, 6) is -6.08. The highest BCUT2D eigenvalue weighted by Crippen LogP contribution is 2.35. The van der Waals surface area contributed by atoms with Gasteiger partial charge in [0.05, 0.1) is 16.7 Å². The van der Waals surface area contributed by atoms with Crippen LogP contribution in [0.1, 0.15) is 24.5 Å². The fourth-order valence-corrected chi connectivity index (χ4v) is 3.43. The van der Waals surface area contributed by atoms with Gasteiger partial charge >= 0.3 is 6.18 Å². The van der Waals surface area contributed by atoms with Crippen LogP contribution in [0, 0.1) is 46.7 Å². The molecule has 35 heavy (non-hydrogen) atoms. The predicted octanol–water partition coefficient (Wildman–Crippen LogP) is 8.28. The summed E-state index contributed by atoms with van der Waals surface area (Å²) < 4.78 is 124. The molecule has 0 saturated carbocycles. The smallest absolute Gasteiger partial charge is 0.206 e. The molecule has 0 bridgehead atoms. The second kappa shape index (κ2) is 10.3. The molecule has 0 saturated heterocycles.